The second-order valence-electron chi connectivity index (χ2n) is 4.29. The molecule has 0 amide bonds. The Labute approximate surface area is 106 Å². The molecule has 94 valence electrons. The summed E-state index contributed by atoms with van der Waals surface area (Å²) in [6, 6.07) is 7.00. The maximum absolute atomic E-state index is 9.22. The van der Waals surface area contributed by atoms with E-state index in [1.807, 2.05) is 26.0 Å². The quantitative estimate of drug-likeness (QED) is 0.865. The highest BCUT2D eigenvalue weighted by atomic mass is 16.3. The van der Waals surface area contributed by atoms with Gasteiger partial charge in [-0.1, -0.05) is 12.1 Å². The van der Waals surface area contributed by atoms with Crippen molar-refractivity contribution < 1.29 is 10.2 Å². The van der Waals surface area contributed by atoms with E-state index >= 15 is 0 Å². The summed E-state index contributed by atoms with van der Waals surface area (Å²) in [5.74, 6) is 0.982. The molecule has 0 aliphatic heterocycles. The summed E-state index contributed by atoms with van der Waals surface area (Å²) in [7, 11) is 0. The molecule has 0 bridgehead atoms. The van der Waals surface area contributed by atoms with E-state index in [9.17, 15) is 10.2 Å². The van der Waals surface area contributed by atoms with E-state index in [-0.39, 0.29) is 12.4 Å². The predicted molar refractivity (Wildman–Crippen MR) is 68.3 cm³/mol. The Kier molecular flexibility index (Phi) is 3.58. The van der Waals surface area contributed by atoms with Gasteiger partial charge in [0.15, 0.2) is 0 Å². The Bertz CT molecular complexity index is 527. The Hall–Kier alpha value is -1.94. The number of phenolic OH excluding ortho intramolecular Hbond substituents is 1. The molecule has 18 heavy (non-hydrogen) atoms. The topological polar surface area (TPSA) is 66.2 Å². The number of hydrogen-bond donors (Lipinski definition) is 2. The normalized spacial score (nSPS) is 10.6. The van der Waals surface area contributed by atoms with Crippen molar-refractivity contribution >= 4 is 0 Å². The van der Waals surface area contributed by atoms with Crippen molar-refractivity contribution in [2.24, 2.45) is 0 Å². The molecule has 0 radical (unpaired) electrons. The Morgan fingerprint density at radius 2 is 1.56 bits per heavy atom. The second-order valence-corrected chi connectivity index (χ2v) is 4.29. The molecule has 0 unspecified atom stereocenters. The van der Waals surface area contributed by atoms with Gasteiger partial charge in [-0.25, -0.2) is 9.97 Å². The SMILES string of the molecule is Cc1nc(Cc2ccc(O)cc2)nc(C)c1CO. The van der Waals surface area contributed by atoms with E-state index in [1.165, 1.54) is 0 Å². The van der Waals surface area contributed by atoms with E-state index in [1.54, 1.807) is 12.1 Å². The molecule has 2 N–H and O–H groups in total. The maximum atomic E-state index is 9.22. The lowest BCUT2D eigenvalue weighted by atomic mass is 10.1. The van der Waals surface area contributed by atoms with Gasteiger partial charge in [0.1, 0.15) is 11.6 Å². The van der Waals surface area contributed by atoms with Crippen molar-refractivity contribution in [3.05, 3.63) is 52.6 Å². The second kappa shape index (κ2) is 5.14. The highest BCUT2D eigenvalue weighted by Crippen LogP contribution is 2.15. The zero-order valence-electron chi connectivity index (χ0n) is 10.5. The van der Waals surface area contributed by atoms with Crippen molar-refractivity contribution in [2.75, 3.05) is 0 Å². The molecule has 1 aromatic heterocycles. The summed E-state index contributed by atoms with van der Waals surface area (Å²) in [6.45, 7) is 3.72. The summed E-state index contributed by atoms with van der Waals surface area (Å²) in [4.78, 5) is 8.78. The van der Waals surface area contributed by atoms with Gasteiger partial charge < -0.3 is 10.2 Å². The summed E-state index contributed by atoms with van der Waals surface area (Å²) >= 11 is 0. The molecule has 1 aromatic carbocycles. The predicted octanol–water partition coefficient (Wildman–Crippen LogP) is 1.88. The van der Waals surface area contributed by atoms with Crippen LogP contribution in [-0.2, 0) is 13.0 Å². The summed E-state index contributed by atoms with van der Waals surface area (Å²) in [5, 5.41) is 18.4. The van der Waals surface area contributed by atoms with Gasteiger partial charge in [-0.3, -0.25) is 0 Å². The number of rotatable bonds is 3. The molecule has 2 aromatic rings. The molecule has 0 spiro atoms. The van der Waals surface area contributed by atoms with Crippen molar-refractivity contribution in [2.45, 2.75) is 26.9 Å². The van der Waals surface area contributed by atoms with Gasteiger partial charge >= 0.3 is 0 Å². The number of aromatic nitrogens is 2. The van der Waals surface area contributed by atoms with E-state index < -0.39 is 0 Å². The fraction of sp³-hybridized carbons (Fsp3) is 0.286. The van der Waals surface area contributed by atoms with Crippen molar-refractivity contribution in [1.29, 1.82) is 0 Å². The van der Waals surface area contributed by atoms with Crippen LogP contribution in [0.4, 0.5) is 0 Å². The highest BCUT2D eigenvalue weighted by molar-refractivity contribution is 5.29. The lowest BCUT2D eigenvalue weighted by Crippen LogP contribution is -2.05. The average molecular weight is 244 g/mol. The van der Waals surface area contributed by atoms with Gasteiger partial charge in [0.2, 0.25) is 0 Å². The first kappa shape index (κ1) is 12.5. The molecular weight excluding hydrogens is 228 g/mol. The maximum Gasteiger partial charge on any atom is 0.133 e. The number of phenols is 1. The van der Waals surface area contributed by atoms with Crippen LogP contribution in [0, 0.1) is 13.8 Å². The van der Waals surface area contributed by atoms with Crippen LogP contribution in [-0.4, -0.2) is 20.2 Å². The van der Waals surface area contributed by atoms with Gasteiger partial charge in [-0.15, -0.1) is 0 Å². The van der Waals surface area contributed by atoms with Crippen LogP contribution in [0.1, 0.15) is 28.3 Å². The van der Waals surface area contributed by atoms with E-state index in [2.05, 4.69) is 9.97 Å². The number of aliphatic hydroxyl groups excluding tert-OH is 1. The van der Waals surface area contributed by atoms with E-state index in [0.29, 0.717) is 6.42 Å². The minimum absolute atomic E-state index is 0.0306. The Balaban J connectivity index is 2.27. The molecule has 4 nitrogen and oxygen atoms in total. The fourth-order valence-corrected chi connectivity index (χ4v) is 1.91. The first-order chi connectivity index (χ1) is 8.60. The third-order valence-electron chi connectivity index (χ3n) is 2.92. The zero-order valence-corrected chi connectivity index (χ0v) is 10.5. The third kappa shape index (κ3) is 2.65. The van der Waals surface area contributed by atoms with Gasteiger partial charge in [0.25, 0.3) is 0 Å². The largest absolute Gasteiger partial charge is 0.508 e. The van der Waals surface area contributed by atoms with Crippen LogP contribution in [0.15, 0.2) is 24.3 Å². The van der Waals surface area contributed by atoms with Crippen molar-refractivity contribution in [3.8, 4) is 5.75 Å². The fourth-order valence-electron chi connectivity index (χ4n) is 1.91. The minimum atomic E-state index is -0.0306. The van der Waals surface area contributed by atoms with Gasteiger partial charge in [-0.2, -0.15) is 0 Å². The summed E-state index contributed by atoms with van der Waals surface area (Å²) in [6.07, 6.45) is 0.619. The number of benzene rings is 1. The first-order valence-electron chi connectivity index (χ1n) is 5.82. The van der Waals surface area contributed by atoms with Crippen molar-refractivity contribution in [3.63, 3.8) is 0 Å². The monoisotopic (exact) mass is 244 g/mol. The summed E-state index contributed by atoms with van der Waals surface area (Å²) in [5.41, 5.74) is 3.48. The number of aryl methyl sites for hydroxylation is 2. The molecule has 1 heterocycles. The lowest BCUT2D eigenvalue weighted by molar-refractivity contribution is 0.279. The van der Waals surface area contributed by atoms with E-state index in [0.717, 1.165) is 28.3 Å². The number of hydrogen-bond acceptors (Lipinski definition) is 4. The molecule has 0 saturated carbocycles. The molecule has 0 atom stereocenters. The van der Waals surface area contributed by atoms with Gasteiger partial charge in [0.05, 0.1) is 6.61 Å². The van der Waals surface area contributed by atoms with Crippen LogP contribution in [0.5, 0.6) is 5.75 Å². The number of aromatic hydroxyl groups is 1. The van der Waals surface area contributed by atoms with Gasteiger partial charge in [-0.05, 0) is 31.5 Å². The Morgan fingerprint density at radius 1 is 1.00 bits per heavy atom. The standard InChI is InChI=1S/C14H16N2O2/c1-9-13(8-17)10(2)16-14(15-9)7-11-3-5-12(18)6-4-11/h3-6,17-18H,7-8H2,1-2H3. The number of aliphatic hydroxyl groups is 1. The van der Waals surface area contributed by atoms with Crippen molar-refractivity contribution in [1.82, 2.24) is 9.97 Å². The highest BCUT2D eigenvalue weighted by Gasteiger charge is 2.08. The third-order valence-corrected chi connectivity index (χ3v) is 2.92. The smallest absolute Gasteiger partial charge is 0.133 e. The Morgan fingerprint density at radius 3 is 2.06 bits per heavy atom. The molecule has 0 aliphatic carbocycles. The van der Waals surface area contributed by atoms with Crippen LogP contribution < -0.4 is 0 Å². The molecular formula is C14H16N2O2. The summed E-state index contributed by atoms with van der Waals surface area (Å²) < 4.78 is 0. The average Bonchev–Trinajstić information content (AvgIpc) is 2.32. The molecule has 2 rings (SSSR count). The van der Waals surface area contributed by atoms with E-state index in [4.69, 9.17) is 0 Å². The number of nitrogens with zero attached hydrogens (tertiary/aromatic N) is 2. The minimum Gasteiger partial charge on any atom is -0.508 e. The van der Waals surface area contributed by atoms with Gasteiger partial charge in [0, 0.05) is 23.4 Å². The molecule has 4 heteroatoms. The van der Waals surface area contributed by atoms with Crippen LogP contribution >= 0.6 is 0 Å². The first-order valence-corrected chi connectivity index (χ1v) is 5.82. The molecule has 0 fully saturated rings. The van der Waals surface area contributed by atoms with Crippen LogP contribution in [0.3, 0.4) is 0 Å². The van der Waals surface area contributed by atoms with Crippen LogP contribution in [0.2, 0.25) is 0 Å². The molecule has 0 saturated heterocycles. The lowest BCUT2D eigenvalue weighted by Gasteiger charge is -2.08. The molecule has 0 aliphatic rings. The van der Waals surface area contributed by atoms with Crippen LogP contribution in [0.25, 0.3) is 0 Å². The zero-order chi connectivity index (χ0) is 13.1.